The first-order valence-electron chi connectivity index (χ1n) is 1.97. The lowest BCUT2D eigenvalue weighted by atomic mass is 11.8. The van der Waals surface area contributed by atoms with Crippen molar-refractivity contribution in [2.24, 2.45) is 0 Å². The molecule has 0 rings (SSSR count). The molecule has 0 aromatic rings. The van der Waals surface area contributed by atoms with Crippen molar-refractivity contribution in [1.82, 2.24) is 0 Å². The Labute approximate surface area is 66.5 Å². The third kappa shape index (κ3) is 3.11. The van der Waals surface area contributed by atoms with E-state index in [2.05, 4.69) is 15.9 Å². The minimum atomic E-state index is -5.01. The summed E-state index contributed by atoms with van der Waals surface area (Å²) in [5.74, 6) is 0. The number of hydrogen-bond acceptors (Lipinski definition) is 6. The molecule has 1 unspecified atom stereocenters. The van der Waals surface area contributed by atoms with Gasteiger partial charge in [-0.05, 0) is 0 Å². The summed E-state index contributed by atoms with van der Waals surface area (Å²) in [6.07, 6.45) is 0. The maximum absolute atomic E-state index is 10.3. The lowest BCUT2D eigenvalue weighted by Crippen LogP contribution is -2.03. The standard InChI is InChI=1S/CH3ClO7P2/c2-9-11(7,8)1(3)10(4,5)6/h4-6H/p+1. The van der Waals surface area contributed by atoms with E-state index >= 15 is 0 Å². The number of carbonyl (C=O) groups excluding carboxylic acids is 1. The van der Waals surface area contributed by atoms with Gasteiger partial charge in [-0.25, -0.2) is 9.36 Å². The summed E-state index contributed by atoms with van der Waals surface area (Å²) in [7, 11) is -9.97. The van der Waals surface area contributed by atoms with Crippen LogP contribution in [0, 0.1) is 0 Å². The number of rotatable bonds is 3. The molecule has 0 aliphatic carbocycles. The molecule has 11 heavy (non-hydrogen) atoms. The summed E-state index contributed by atoms with van der Waals surface area (Å²) in [6, 6.07) is 0. The molecule has 66 valence electrons. The van der Waals surface area contributed by atoms with Gasteiger partial charge in [-0.1, -0.05) is 0 Å². The molecule has 0 amide bonds. The SMILES string of the molecule is O=C(P(=O)(O)OCl)[P+](O)(O)O. The Hall–Kier alpha value is 0.420. The Morgan fingerprint density at radius 2 is 1.82 bits per heavy atom. The summed E-state index contributed by atoms with van der Waals surface area (Å²) in [4.78, 5) is 43.1. The molecule has 0 aliphatic heterocycles. The van der Waals surface area contributed by atoms with Gasteiger partial charge in [0.15, 0.2) is 0 Å². The quantitative estimate of drug-likeness (QED) is 0.506. The highest BCUT2D eigenvalue weighted by Crippen LogP contribution is 2.63. The van der Waals surface area contributed by atoms with E-state index in [4.69, 9.17) is 19.6 Å². The Balaban J connectivity index is 4.65. The van der Waals surface area contributed by atoms with E-state index in [1.54, 1.807) is 0 Å². The average Bonchev–Trinajstić information content (AvgIpc) is 1.84. The van der Waals surface area contributed by atoms with Gasteiger partial charge in [0.25, 0.3) is 0 Å². The zero-order valence-corrected chi connectivity index (χ0v) is 7.33. The zero-order valence-electron chi connectivity index (χ0n) is 4.79. The molecular formula is CH4ClO7P2+. The summed E-state index contributed by atoms with van der Waals surface area (Å²) < 4.78 is 13.5. The average molecular weight is 225 g/mol. The van der Waals surface area contributed by atoms with Crippen LogP contribution < -0.4 is 0 Å². The van der Waals surface area contributed by atoms with E-state index in [1.807, 2.05) is 0 Å². The predicted molar refractivity (Wildman–Crippen MR) is 35.7 cm³/mol. The molecule has 0 radical (unpaired) electrons. The van der Waals surface area contributed by atoms with Gasteiger partial charge < -0.3 is 4.89 Å². The van der Waals surface area contributed by atoms with Crippen LogP contribution in [0.5, 0.6) is 0 Å². The van der Waals surface area contributed by atoms with Crippen LogP contribution in [0.25, 0.3) is 0 Å². The van der Waals surface area contributed by atoms with E-state index in [-0.39, 0.29) is 0 Å². The van der Waals surface area contributed by atoms with E-state index < -0.39 is 20.8 Å². The number of halogens is 1. The first-order valence-corrected chi connectivity index (χ1v) is 5.50. The highest BCUT2D eigenvalue weighted by molar-refractivity contribution is 8.00. The summed E-state index contributed by atoms with van der Waals surface area (Å²) in [5.41, 5.74) is 0. The van der Waals surface area contributed by atoms with Gasteiger partial charge in [0.05, 0.1) is 11.9 Å². The molecule has 7 nitrogen and oxygen atoms in total. The molecular weight excluding hydrogens is 221 g/mol. The maximum Gasteiger partial charge on any atom is 0.492 e. The van der Waals surface area contributed by atoms with Crippen molar-refractivity contribution >= 4 is 32.7 Å². The molecule has 1 atom stereocenters. The topological polar surface area (TPSA) is 124 Å². The van der Waals surface area contributed by atoms with Gasteiger partial charge in [-0.15, -0.1) is 0 Å². The van der Waals surface area contributed by atoms with Crippen LogP contribution in [0.3, 0.4) is 0 Å². The van der Waals surface area contributed by atoms with Crippen LogP contribution in [-0.2, 0) is 8.64 Å². The molecule has 0 saturated heterocycles. The van der Waals surface area contributed by atoms with Crippen molar-refractivity contribution in [3.63, 3.8) is 0 Å². The van der Waals surface area contributed by atoms with E-state index in [1.165, 1.54) is 0 Å². The molecule has 0 aromatic carbocycles. The lowest BCUT2D eigenvalue weighted by Gasteiger charge is -2.03. The van der Waals surface area contributed by atoms with Crippen LogP contribution >= 0.6 is 27.4 Å². The first-order chi connectivity index (χ1) is 4.72. The third-order valence-electron chi connectivity index (χ3n) is 0.592. The van der Waals surface area contributed by atoms with Gasteiger partial charge in [-0.3, -0.25) is 0 Å². The fourth-order valence-electron chi connectivity index (χ4n) is 0.199. The zero-order chi connectivity index (χ0) is 9.28. The van der Waals surface area contributed by atoms with Gasteiger partial charge in [-0.2, -0.15) is 18.8 Å². The molecule has 4 N–H and O–H groups in total. The van der Waals surface area contributed by atoms with Gasteiger partial charge >= 0.3 is 20.8 Å². The number of hydrogen-bond donors (Lipinski definition) is 4. The second-order valence-corrected chi connectivity index (χ2v) is 5.33. The Bertz CT molecular complexity index is 205. The smallest absolute Gasteiger partial charge is 0.315 e. The van der Waals surface area contributed by atoms with Crippen molar-refractivity contribution in [1.29, 1.82) is 0 Å². The van der Waals surface area contributed by atoms with E-state index in [0.29, 0.717) is 0 Å². The molecule has 0 aliphatic rings. The van der Waals surface area contributed by atoms with Gasteiger partial charge in [0.1, 0.15) is 0 Å². The van der Waals surface area contributed by atoms with Crippen molar-refractivity contribution in [2.45, 2.75) is 0 Å². The predicted octanol–water partition coefficient (Wildman–Crippen LogP) is 0.202. The van der Waals surface area contributed by atoms with Crippen LogP contribution in [0.2, 0.25) is 0 Å². The molecule has 0 aromatic heterocycles. The Morgan fingerprint density at radius 3 is 1.91 bits per heavy atom. The third-order valence-corrected chi connectivity index (χ3v) is 3.90. The maximum atomic E-state index is 10.3. The number of carbonyl (C=O) groups is 1. The Morgan fingerprint density at radius 1 is 1.45 bits per heavy atom. The highest BCUT2D eigenvalue weighted by Gasteiger charge is 2.56. The van der Waals surface area contributed by atoms with Gasteiger partial charge in [0, 0.05) is 0 Å². The minimum Gasteiger partial charge on any atom is -0.315 e. The van der Waals surface area contributed by atoms with Crippen LogP contribution in [0.15, 0.2) is 0 Å². The molecule has 0 fully saturated rings. The summed E-state index contributed by atoms with van der Waals surface area (Å²) in [6.45, 7) is 0. The molecule has 0 spiro atoms. The van der Waals surface area contributed by atoms with Crippen molar-refractivity contribution in [3.05, 3.63) is 0 Å². The Kier molecular flexibility index (Phi) is 3.56. The summed E-state index contributed by atoms with van der Waals surface area (Å²) >= 11 is 4.34. The van der Waals surface area contributed by atoms with Crippen molar-refractivity contribution < 1.29 is 33.0 Å². The van der Waals surface area contributed by atoms with Gasteiger partial charge in [0.2, 0.25) is 0 Å². The molecule has 0 bridgehead atoms. The van der Waals surface area contributed by atoms with Crippen LogP contribution in [-0.4, -0.2) is 24.8 Å². The highest BCUT2D eigenvalue weighted by atomic mass is 35.5. The molecule has 0 heterocycles. The lowest BCUT2D eigenvalue weighted by molar-refractivity contribution is 0.250. The van der Waals surface area contributed by atoms with E-state index in [9.17, 15) is 9.36 Å². The molecule has 0 saturated carbocycles. The van der Waals surface area contributed by atoms with Crippen LogP contribution in [0.1, 0.15) is 0 Å². The minimum absolute atomic E-state index is 2.11. The first kappa shape index (κ1) is 11.4. The summed E-state index contributed by atoms with van der Waals surface area (Å²) in [5, 5.41) is -2.11. The van der Waals surface area contributed by atoms with E-state index in [0.717, 1.165) is 0 Å². The van der Waals surface area contributed by atoms with Crippen LogP contribution in [0.4, 0.5) is 4.79 Å². The monoisotopic (exact) mass is 225 g/mol. The normalized spacial score (nSPS) is 17.5. The second-order valence-electron chi connectivity index (χ2n) is 1.44. The van der Waals surface area contributed by atoms with Crippen molar-refractivity contribution in [2.75, 3.05) is 0 Å². The van der Waals surface area contributed by atoms with Crippen molar-refractivity contribution in [3.8, 4) is 0 Å². The fraction of sp³-hybridized carbons (Fsp3) is 0. The second kappa shape index (κ2) is 3.43. The largest absolute Gasteiger partial charge is 0.492 e. The fourth-order valence-corrected chi connectivity index (χ4v) is 2.07. The molecule has 10 heteroatoms.